The summed E-state index contributed by atoms with van der Waals surface area (Å²) in [6.45, 7) is 11.7. The zero-order valence-electron chi connectivity index (χ0n) is 37.4. The zero-order chi connectivity index (χ0) is 45.7. The Morgan fingerprint density at radius 3 is 2.29 bits per heavy atom. The third-order valence-electron chi connectivity index (χ3n) is 12.8. The number of hydrogen-bond acceptors (Lipinski definition) is 15. The number of carbonyl (C=O) groups excluding carboxylic acids is 2. The molecule has 3 aromatic carbocycles. The van der Waals surface area contributed by atoms with Crippen molar-refractivity contribution < 1.29 is 32.2 Å². The Hall–Kier alpha value is -5.40. The fourth-order valence-electron chi connectivity index (χ4n) is 9.12. The van der Waals surface area contributed by atoms with E-state index in [1.54, 1.807) is 25.3 Å². The highest BCUT2D eigenvalue weighted by atomic mass is 35.5. The number of piperazine rings is 1. The van der Waals surface area contributed by atoms with Crippen LogP contribution in [0.5, 0.6) is 11.5 Å². The summed E-state index contributed by atoms with van der Waals surface area (Å²) in [5, 5.41) is 9.15. The van der Waals surface area contributed by atoms with Crippen LogP contribution < -0.4 is 39.9 Å². The molecule has 0 saturated carbocycles. The van der Waals surface area contributed by atoms with E-state index in [0.717, 1.165) is 102 Å². The number of aryl methyl sites for hydroxylation is 1. The molecule has 348 valence electrons. The van der Waals surface area contributed by atoms with Crippen molar-refractivity contribution in [3.63, 3.8) is 0 Å². The van der Waals surface area contributed by atoms with Gasteiger partial charge in [0.25, 0.3) is 0 Å². The first-order valence-corrected chi connectivity index (χ1v) is 24.6. The van der Waals surface area contributed by atoms with E-state index in [2.05, 4.69) is 81.4 Å². The van der Waals surface area contributed by atoms with Crippen LogP contribution in [0.25, 0.3) is 0 Å². The summed E-state index contributed by atoms with van der Waals surface area (Å²) in [4.78, 5) is 42.8. The number of rotatable bonds is 17. The van der Waals surface area contributed by atoms with Crippen LogP contribution in [-0.2, 0) is 30.8 Å². The minimum atomic E-state index is -3.59. The minimum absolute atomic E-state index is 0.190. The fraction of sp³-hybridized carbons (Fsp3) is 0.478. The third-order valence-corrected chi connectivity index (χ3v) is 13.7. The van der Waals surface area contributed by atoms with Crippen LogP contribution >= 0.6 is 11.6 Å². The molecule has 2 amide bonds. The highest BCUT2D eigenvalue weighted by Gasteiger charge is 2.32. The Morgan fingerprint density at radius 2 is 1.62 bits per heavy atom. The van der Waals surface area contributed by atoms with Crippen molar-refractivity contribution in [2.75, 3.05) is 111 Å². The molecule has 4 aliphatic rings. The SMILES string of the molecule is CCc1cc(Nc2ncc(Cl)c(Nc3ccc(OC)cc3NS(C)(=O)=O)n2)c(OC)cc1N1CCC(N2CCN(CCOC3CN(c4ccc(C5CCC(=O)NC5=O)cc4)C3)CC2)CC1. The van der Waals surface area contributed by atoms with Crippen LogP contribution in [0.3, 0.4) is 0 Å². The standard InChI is InChI=1S/C46H59ClN10O7S/c1-5-30-24-40(50-46-48-27-37(47)44(52-46)49-38-12-10-34(62-2)25-39(38)53-65(4,60)61)42(63-3)26-41(30)56-16-14-33(15-17-56)55-20-18-54(19-21-55)22-23-64-35-28-57(29-35)32-8-6-31(7-9-32)36-11-13-43(58)51-45(36)59/h6-10,12,24-27,33,35-36,53H,5,11,13-23,28-29H2,1-4H3,(H,51,58,59)(H2,48,49,50,52). The Bertz CT molecular complexity index is 2440. The number of halogens is 1. The van der Waals surface area contributed by atoms with Gasteiger partial charge in [-0.3, -0.25) is 29.4 Å². The van der Waals surface area contributed by atoms with Gasteiger partial charge in [0, 0.05) is 94.9 Å². The number of aromatic nitrogens is 2. The average molecular weight is 932 g/mol. The molecule has 4 aromatic rings. The van der Waals surface area contributed by atoms with Crippen molar-refractivity contribution in [1.82, 2.24) is 25.1 Å². The van der Waals surface area contributed by atoms with Crippen molar-refractivity contribution in [2.45, 2.75) is 57.1 Å². The molecule has 4 aliphatic heterocycles. The molecular formula is C46H59ClN10O7S. The van der Waals surface area contributed by atoms with E-state index >= 15 is 0 Å². The number of piperidine rings is 2. The number of benzene rings is 3. The van der Waals surface area contributed by atoms with E-state index in [1.165, 1.54) is 24.6 Å². The largest absolute Gasteiger partial charge is 0.497 e. The fourth-order valence-corrected chi connectivity index (χ4v) is 9.83. The lowest BCUT2D eigenvalue weighted by Crippen LogP contribution is -2.55. The summed E-state index contributed by atoms with van der Waals surface area (Å²) >= 11 is 6.52. The first kappa shape index (κ1) is 46.1. The van der Waals surface area contributed by atoms with Crippen molar-refractivity contribution >= 4 is 73.6 Å². The first-order valence-electron chi connectivity index (χ1n) is 22.3. The molecule has 4 saturated heterocycles. The van der Waals surface area contributed by atoms with Crippen molar-refractivity contribution in [2.24, 2.45) is 0 Å². The van der Waals surface area contributed by atoms with Gasteiger partial charge in [-0.1, -0.05) is 30.7 Å². The van der Waals surface area contributed by atoms with Gasteiger partial charge in [-0.2, -0.15) is 4.98 Å². The number of nitrogens with zero attached hydrogens (tertiary/aromatic N) is 6. The monoisotopic (exact) mass is 930 g/mol. The maximum Gasteiger partial charge on any atom is 0.234 e. The second kappa shape index (κ2) is 20.4. The molecule has 4 N–H and O–H groups in total. The second-order valence-corrected chi connectivity index (χ2v) is 19.2. The third kappa shape index (κ3) is 11.4. The summed E-state index contributed by atoms with van der Waals surface area (Å²) in [7, 11) is -0.429. The quantitative estimate of drug-likeness (QED) is 0.0963. The number of carbonyl (C=O) groups is 2. The van der Waals surface area contributed by atoms with E-state index < -0.39 is 10.0 Å². The zero-order valence-corrected chi connectivity index (χ0v) is 39.0. The average Bonchev–Trinajstić information content (AvgIpc) is 3.28. The van der Waals surface area contributed by atoms with Crippen LogP contribution in [0, 0.1) is 0 Å². The predicted octanol–water partition coefficient (Wildman–Crippen LogP) is 5.58. The molecule has 19 heteroatoms. The van der Waals surface area contributed by atoms with Crippen molar-refractivity contribution in [3.8, 4) is 11.5 Å². The molecule has 1 atom stereocenters. The highest BCUT2D eigenvalue weighted by Crippen LogP contribution is 2.38. The molecule has 17 nitrogen and oxygen atoms in total. The lowest BCUT2D eigenvalue weighted by atomic mass is 9.90. The van der Waals surface area contributed by atoms with Gasteiger partial charge in [-0.05, 0) is 67.1 Å². The van der Waals surface area contributed by atoms with Gasteiger partial charge in [-0.25, -0.2) is 13.4 Å². The van der Waals surface area contributed by atoms with E-state index in [1.807, 2.05) is 12.1 Å². The molecule has 0 spiro atoms. The maximum atomic E-state index is 12.3. The summed E-state index contributed by atoms with van der Waals surface area (Å²) in [5.41, 5.74) is 5.85. The second-order valence-electron chi connectivity index (χ2n) is 17.0. The molecule has 5 heterocycles. The van der Waals surface area contributed by atoms with E-state index in [9.17, 15) is 18.0 Å². The highest BCUT2D eigenvalue weighted by molar-refractivity contribution is 7.92. The van der Waals surface area contributed by atoms with Crippen LogP contribution in [0.15, 0.2) is 60.8 Å². The molecule has 65 heavy (non-hydrogen) atoms. The molecule has 0 bridgehead atoms. The van der Waals surface area contributed by atoms with Gasteiger partial charge in [-0.15, -0.1) is 0 Å². The Labute approximate surface area is 386 Å². The van der Waals surface area contributed by atoms with E-state index in [-0.39, 0.29) is 46.3 Å². The van der Waals surface area contributed by atoms with Gasteiger partial charge < -0.3 is 34.6 Å². The van der Waals surface area contributed by atoms with Gasteiger partial charge in [0.05, 0.1) is 62.4 Å². The number of nitrogens with one attached hydrogen (secondary N) is 4. The number of hydrogen-bond donors (Lipinski definition) is 4. The van der Waals surface area contributed by atoms with E-state index in [0.29, 0.717) is 41.8 Å². The lowest BCUT2D eigenvalue weighted by Gasteiger charge is -2.44. The van der Waals surface area contributed by atoms with E-state index in [4.69, 9.17) is 25.8 Å². The van der Waals surface area contributed by atoms with Crippen LogP contribution in [-0.4, -0.2) is 138 Å². The summed E-state index contributed by atoms with van der Waals surface area (Å²) < 4.78 is 44.2. The Kier molecular flexibility index (Phi) is 14.5. The first-order chi connectivity index (χ1) is 31.4. The van der Waals surface area contributed by atoms with Crippen LogP contribution in [0.1, 0.15) is 49.7 Å². The number of sulfonamides is 1. The minimum Gasteiger partial charge on any atom is -0.497 e. The maximum absolute atomic E-state index is 12.3. The van der Waals surface area contributed by atoms with Crippen molar-refractivity contribution in [3.05, 3.63) is 76.9 Å². The van der Waals surface area contributed by atoms with Gasteiger partial charge in [0.1, 0.15) is 16.5 Å². The smallest absolute Gasteiger partial charge is 0.234 e. The number of methoxy groups -OCH3 is 2. The topological polar surface area (TPSA) is 183 Å². The van der Waals surface area contributed by atoms with Crippen molar-refractivity contribution in [1.29, 1.82) is 0 Å². The molecule has 1 aromatic heterocycles. The lowest BCUT2D eigenvalue weighted by molar-refractivity contribution is -0.134. The van der Waals surface area contributed by atoms with Crippen LogP contribution in [0.2, 0.25) is 5.02 Å². The number of anilines is 7. The van der Waals surface area contributed by atoms with Gasteiger partial charge in [0.2, 0.25) is 27.8 Å². The van der Waals surface area contributed by atoms with Crippen LogP contribution in [0.4, 0.5) is 40.2 Å². The molecule has 0 aliphatic carbocycles. The van der Waals surface area contributed by atoms with Gasteiger partial charge in [0.15, 0.2) is 5.82 Å². The molecular weight excluding hydrogens is 872 g/mol. The molecule has 8 rings (SSSR count). The Balaban J connectivity index is 0.786. The number of ether oxygens (including phenoxy) is 3. The summed E-state index contributed by atoms with van der Waals surface area (Å²) in [6.07, 6.45) is 6.73. The summed E-state index contributed by atoms with van der Waals surface area (Å²) in [6, 6.07) is 17.8. The Morgan fingerprint density at radius 1 is 0.862 bits per heavy atom. The number of amides is 2. The molecule has 4 fully saturated rings. The normalized spacial score (nSPS) is 19.1. The number of imide groups is 1. The van der Waals surface area contributed by atoms with Gasteiger partial charge >= 0.3 is 0 Å². The summed E-state index contributed by atoms with van der Waals surface area (Å²) in [5.74, 6) is 1.05. The predicted molar refractivity (Wildman–Crippen MR) is 254 cm³/mol. The molecule has 0 radical (unpaired) electrons. The molecule has 1 unspecified atom stereocenters.